The fourth-order valence-corrected chi connectivity index (χ4v) is 2.07. The fourth-order valence-electron chi connectivity index (χ4n) is 2.07. The zero-order valence-corrected chi connectivity index (χ0v) is 9.59. The molecule has 9 heteroatoms. The Morgan fingerprint density at radius 1 is 1.53 bits per heavy atom. The number of ether oxygens (including phenoxy) is 1. The van der Waals surface area contributed by atoms with Crippen LogP contribution in [0.15, 0.2) is 12.7 Å². The molecular formula is C10H12FN5O3. The van der Waals surface area contributed by atoms with Gasteiger partial charge >= 0.3 is 0 Å². The van der Waals surface area contributed by atoms with Crippen molar-refractivity contribution in [3.05, 3.63) is 12.7 Å². The van der Waals surface area contributed by atoms with E-state index < -0.39 is 31.2 Å². The third-order valence-electron chi connectivity index (χ3n) is 3.04. The summed E-state index contributed by atoms with van der Waals surface area (Å²) in [5, 5.41) is 18.8. The molecular weight excluding hydrogens is 257 g/mol. The van der Waals surface area contributed by atoms with Crippen molar-refractivity contribution in [3.8, 4) is 0 Å². The summed E-state index contributed by atoms with van der Waals surface area (Å²) in [6, 6.07) is 0. The van der Waals surface area contributed by atoms with E-state index in [2.05, 4.69) is 15.0 Å². The number of fused-ring (bicyclic) bond motifs is 1. The molecule has 5 atom stereocenters. The van der Waals surface area contributed by atoms with Crippen LogP contribution in [0.1, 0.15) is 7.60 Å². The Labute approximate surface area is 108 Å². The Kier molecular flexibility index (Phi) is 2.53. The quantitative estimate of drug-likeness (QED) is 0.640. The molecule has 1 aliphatic heterocycles. The lowest BCUT2D eigenvalue weighted by Crippen LogP contribution is -2.30. The lowest BCUT2D eigenvalue weighted by Gasteiger charge is -2.14. The van der Waals surface area contributed by atoms with E-state index in [1.807, 2.05) is 0 Å². The Morgan fingerprint density at radius 2 is 2.32 bits per heavy atom. The van der Waals surface area contributed by atoms with Gasteiger partial charge in [-0.3, -0.25) is 4.57 Å². The lowest BCUT2D eigenvalue weighted by atomic mass is 10.1. The first-order valence-corrected chi connectivity index (χ1v) is 5.51. The number of aliphatic hydroxyl groups excluding tert-OH is 2. The van der Waals surface area contributed by atoms with Gasteiger partial charge in [-0.15, -0.1) is 0 Å². The molecule has 2 aromatic heterocycles. The van der Waals surface area contributed by atoms with Crippen LogP contribution in [-0.2, 0) is 4.74 Å². The van der Waals surface area contributed by atoms with E-state index in [0.717, 1.165) is 0 Å². The number of hydrogen-bond acceptors (Lipinski definition) is 7. The van der Waals surface area contributed by atoms with Crippen LogP contribution < -0.4 is 5.73 Å². The fraction of sp³-hybridized carbons (Fsp3) is 0.500. The summed E-state index contributed by atoms with van der Waals surface area (Å²) in [7, 11) is 0. The van der Waals surface area contributed by atoms with Crippen LogP contribution in [0.5, 0.6) is 0 Å². The maximum atomic E-state index is 14.1. The first-order chi connectivity index (χ1) is 9.50. The number of aliphatic hydroxyl groups is 2. The smallest absolute Gasteiger partial charge is 0.173 e. The topological polar surface area (TPSA) is 119 Å². The molecule has 0 spiro atoms. The van der Waals surface area contributed by atoms with Gasteiger partial charge in [-0.05, 0) is 0 Å². The van der Waals surface area contributed by atoms with E-state index in [4.69, 9.17) is 16.9 Å². The van der Waals surface area contributed by atoms with E-state index in [1.165, 1.54) is 17.2 Å². The van der Waals surface area contributed by atoms with Crippen LogP contribution in [0.25, 0.3) is 11.2 Å². The van der Waals surface area contributed by atoms with Crippen molar-refractivity contribution < 1.29 is 20.7 Å². The maximum Gasteiger partial charge on any atom is 0.173 e. The number of halogens is 1. The van der Waals surface area contributed by atoms with Crippen molar-refractivity contribution in [2.24, 2.45) is 0 Å². The highest BCUT2D eigenvalue weighted by atomic mass is 19.1. The van der Waals surface area contributed by atoms with E-state index >= 15 is 0 Å². The highest BCUT2D eigenvalue weighted by molar-refractivity contribution is 5.81. The number of nitrogens with zero attached hydrogens (tertiary/aromatic N) is 4. The summed E-state index contributed by atoms with van der Waals surface area (Å²) in [5.74, 6) is 0.139. The van der Waals surface area contributed by atoms with Crippen molar-refractivity contribution in [1.29, 1.82) is 0 Å². The molecule has 0 saturated carbocycles. The minimum absolute atomic E-state index is 0.139. The van der Waals surface area contributed by atoms with Gasteiger partial charge in [-0.1, -0.05) is 0 Å². The summed E-state index contributed by atoms with van der Waals surface area (Å²) in [4.78, 5) is 11.7. The van der Waals surface area contributed by atoms with Gasteiger partial charge in [0, 0.05) is 0 Å². The number of anilines is 1. The van der Waals surface area contributed by atoms with E-state index in [1.54, 1.807) is 0 Å². The number of nitrogens with two attached hydrogens (primary N) is 1. The molecule has 1 unspecified atom stereocenters. The van der Waals surface area contributed by atoms with Gasteiger partial charge in [0.05, 0.1) is 14.3 Å². The van der Waals surface area contributed by atoms with Gasteiger partial charge in [0.25, 0.3) is 0 Å². The molecule has 2 aromatic rings. The average Bonchev–Trinajstić information content (AvgIpc) is 2.94. The zero-order chi connectivity index (χ0) is 14.4. The Morgan fingerprint density at radius 3 is 3.00 bits per heavy atom. The first-order valence-electron chi connectivity index (χ1n) is 6.09. The molecule has 102 valence electrons. The molecule has 3 heterocycles. The highest BCUT2D eigenvalue weighted by Gasteiger charge is 2.45. The minimum atomic E-state index is -1.83. The second kappa shape index (κ2) is 4.37. The molecule has 0 aliphatic carbocycles. The van der Waals surface area contributed by atoms with Gasteiger partial charge in [0.2, 0.25) is 0 Å². The van der Waals surface area contributed by atoms with Gasteiger partial charge in [0.1, 0.15) is 24.1 Å². The van der Waals surface area contributed by atoms with Crippen molar-refractivity contribution in [3.63, 3.8) is 0 Å². The molecule has 8 nitrogen and oxygen atoms in total. The monoisotopic (exact) mass is 270 g/mol. The van der Waals surface area contributed by atoms with Crippen LogP contribution in [0.4, 0.5) is 10.2 Å². The van der Waals surface area contributed by atoms with Gasteiger partial charge in [-0.2, -0.15) is 0 Å². The summed E-state index contributed by atoms with van der Waals surface area (Å²) >= 11 is 0. The first kappa shape index (κ1) is 11.0. The SMILES string of the molecule is [2H]C(O)[C@H]1O[C@@H](n2cnc3c(N)ncnc32)[C@H](F)[C@@H]1O. The molecule has 1 fully saturated rings. The molecule has 0 radical (unpaired) electrons. The van der Waals surface area contributed by atoms with Crippen molar-refractivity contribution in [1.82, 2.24) is 19.5 Å². The van der Waals surface area contributed by atoms with E-state index in [9.17, 15) is 9.50 Å². The van der Waals surface area contributed by atoms with Crippen molar-refractivity contribution in [2.45, 2.75) is 24.6 Å². The summed E-state index contributed by atoms with van der Waals surface area (Å²) in [6.45, 7) is -1.75. The second-order valence-corrected chi connectivity index (χ2v) is 4.16. The summed E-state index contributed by atoms with van der Waals surface area (Å²) in [6.07, 6.45) is -3.55. The van der Waals surface area contributed by atoms with Crippen LogP contribution in [0, 0.1) is 0 Å². The van der Waals surface area contributed by atoms with Gasteiger partial charge in [0.15, 0.2) is 23.9 Å². The normalized spacial score (nSPS) is 33.5. The Hall–Kier alpha value is -1.84. The van der Waals surface area contributed by atoms with Crippen LogP contribution >= 0.6 is 0 Å². The van der Waals surface area contributed by atoms with E-state index in [0.29, 0.717) is 0 Å². The van der Waals surface area contributed by atoms with Gasteiger partial charge < -0.3 is 20.7 Å². The number of hydrogen-bond donors (Lipinski definition) is 3. The lowest BCUT2D eigenvalue weighted by molar-refractivity contribution is -0.0459. The third kappa shape index (κ3) is 1.74. The molecule has 0 bridgehead atoms. The predicted molar refractivity (Wildman–Crippen MR) is 61.6 cm³/mol. The van der Waals surface area contributed by atoms with Crippen LogP contribution in [0.2, 0.25) is 0 Å². The van der Waals surface area contributed by atoms with Crippen LogP contribution in [-0.4, -0.2) is 54.7 Å². The van der Waals surface area contributed by atoms with E-state index in [-0.39, 0.29) is 17.0 Å². The number of nitrogen functional groups attached to an aromatic ring is 1. The maximum absolute atomic E-state index is 14.1. The van der Waals surface area contributed by atoms with Crippen LogP contribution in [0.3, 0.4) is 0 Å². The molecule has 0 aromatic carbocycles. The molecule has 4 N–H and O–H groups in total. The molecule has 1 aliphatic rings. The molecule has 3 rings (SSSR count). The predicted octanol–water partition coefficient (Wildman–Crippen LogP) is -1.00. The van der Waals surface area contributed by atoms with Crippen molar-refractivity contribution >= 4 is 17.0 Å². The van der Waals surface area contributed by atoms with Gasteiger partial charge in [-0.25, -0.2) is 19.3 Å². The molecule has 0 amide bonds. The summed E-state index contributed by atoms with van der Waals surface area (Å²) in [5.41, 5.74) is 6.16. The number of aromatic nitrogens is 4. The minimum Gasteiger partial charge on any atom is -0.394 e. The second-order valence-electron chi connectivity index (χ2n) is 4.16. The molecule has 1 saturated heterocycles. The average molecular weight is 270 g/mol. The highest BCUT2D eigenvalue weighted by Crippen LogP contribution is 2.33. The third-order valence-corrected chi connectivity index (χ3v) is 3.04. The largest absolute Gasteiger partial charge is 0.394 e. The number of imidazole rings is 1. The Bertz CT molecular complexity index is 638. The number of rotatable bonds is 2. The standard InChI is InChI=1S/C10H12FN5O3/c11-5-7(18)4(1-17)19-10(5)16-3-15-6-8(12)13-2-14-9(6)16/h2-5,7,10,17-18H,1H2,(H2,12,13,14)/t4-,5-,7-,10-/m1/s1/i1D/t1?,4-,5-,7-,10-. The van der Waals surface area contributed by atoms with Crippen molar-refractivity contribution in [2.75, 3.05) is 12.3 Å². The Balaban J connectivity index is 2.02. The zero-order valence-electron chi connectivity index (χ0n) is 10.6. The molecule has 19 heavy (non-hydrogen) atoms. The summed E-state index contributed by atoms with van der Waals surface area (Å²) < 4.78 is 27.7. The number of alkyl halides is 1.